The Kier molecular flexibility index (Phi) is 2.53. The summed E-state index contributed by atoms with van der Waals surface area (Å²) >= 11 is 0. The Bertz CT molecular complexity index is 415. The zero-order chi connectivity index (χ0) is 11.9. The minimum atomic E-state index is -0.661. The Labute approximate surface area is 96.3 Å². The van der Waals surface area contributed by atoms with Crippen molar-refractivity contribution in [3.8, 4) is 0 Å². The SMILES string of the molecule is CC(C)(C)c1cccc(C2CC2C(=O)O)c1. The molecular formula is C14H18O2. The topological polar surface area (TPSA) is 37.3 Å². The standard InChI is InChI=1S/C14H18O2/c1-14(2,3)10-6-4-5-9(7-10)11-8-12(11)13(15)16/h4-7,11-12H,8H2,1-3H3,(H,15,16). The number of rotatable bonds is 2. The third-order valence-corrected chi connectivity index (χ3v) is 3.29. The Morgan fingerprint density at radius 3 is 2.56 bits per heavy atom. The van der Waals surface area contributed by atoms with Crippen LogP contribution in [0.15, 0.2) is 24.3 Å². The van der Waals surface area contributed by atoms with E-state index in [1.165, 1.54) is 11.1 Å². The molecular weight excluding hydrogens is 200 g/mol. The molecule has 1 saturated carbocycles. The van der Waals surface area contributed by atoms with Gasteiger partial charge in [-0.1, -0.05) is 45.0 Å². The zero-order valence-corrected chi connectivity index (χ0v) is 10.0. The summed E-state index contributed by atoms with van der Waals surface area (Å²) in [5.74, 6) is -0.582. The minimum Gasteiger partial charge on any atom is -0.481 e. The predicted molar refractivity (Wildman–Crippen MR) is 63.6 cm³/mol. The van der Waals surface area contributed by atoms with E-state index < -0.39 is 5.97 Å². The van der Waals surface area contributed by atoms with Crippen LogP contribution >= 0.6 is 0 Å². The third kappa shape index (κ3) is 2.11. The lowest BCUT2D eigenvalue weighted by molar-refractivity contribution is -0.138. The Balaban J connectivity index is 2.22. The number of hydrogen-bond donors (Lipinski definition) is 1. The molecule has 2 atom stereocenters. The molecule has 2 rings (SSSR count). The number of carboxylic acids is 1. The average Bonchev–Trinajstić information content (AvgIpc) is 2.96. The van der Waals surface area contributed by atoms with E-state index in [0.717, 1.165) is 6.42 Å². The van der Waals surface area contributed by atoms with E-state index in [-0.39, 0.29) is 17.3 Å². The van der Waals surface area contributed by atoms with Crippen LogP contribution in [0, 0.1) is 5.92 Å². The van der Waals surface area contributed by atoms with E-state index in [4.69, 9.17) is 5.11 Å². The molecule has 0 saturated heterocycles. The fourth-order valence-corrected chi connectivity index (χ4v) is 2.07. The van der Waals surface area contributed by atoms with Crippen LogP contribution in [-0.2, 0) is 10.2 Å². The first kappa shape index (κ1) is 11.2. The molecule has 0 spiro atoms. The van der Waals surface area contributed by atoms with Crippen molar-refractivity contribution < 1.29 is 9.90 Å². The van der Waals surface area contributed by atoms with Crippen molar-refractivity contribution in [3.63, 3.8) is 0 Å². The van der Waals surface area contributed by atoms with Gasteiger partial charge in [0.25, 0.3) is 0 Å². The maximum Gasteiger partial charge on any atom is 0.307 e. The summed E-state index contributed by atoms with van der Waals surface area (Å²) in [5, 5.41) is 8.91. The predicted octanol–water partition coefficient (Wildman–Crippen LogP) is 3.17. The maximum atomic E-state index is 10.8. The van der Waals surface area contributed by atoms with Crippen molar-refractivity contribution in [2.45, 2.75) is 38.5 Å². The summed E-state index contributed by atoms with van der Waals surface area (Å²) in [6.07, 6.45) is 0.795. The van der Waals surface area contributed by atoms with E-state index in [9.17, 15) is 4.79 Å². The molecule has 0 heterocycles. The molecule has 0 aliphatic heterocycles. The summed E-state index contributed by atoms with van der Waals surface area (Å²) in [7, 11) is 0. The first-order valence-corrected chi connectivity index (χ1v) is 5.73. The van der Waals surface area contributed by atoms with E-state index in [0.29, 0.717) is 0 Å². The molecule has 1 aromatic rings. The van der Waals surface area contributed by atoms with Crippen LogP contribution in [0.1, 0.15) is 44.2 Å². The quantitative estimate of drug-likeness (QED) is 0.827. The van der Waals surface area contributed by atoms with Crippen LogP contribution < -0.4 is 0 Å². The van der Waals surface area contributed by atoms with Gasteiger partial charge in [0.15, 0.2) is 0 Å². The second kappa shape index (κ2) is 3.62. The molecule has 2 unspecified atom stereocenters. The highest BCUT2D eigenvalue weighted by atomic mass is 16.4. The highest BCUT2D eigenvalue weighted by molar-refractivity contribution is 5.75. The van der Waals surface area contributed by atoms with Crippen LogP contribution in [0.4, 0.5) is 0 Å². The molecule has 86 valence electrons. The molecule has 2 nitrogen and oxygen atoms in total. The van der Waals surface area contributed by atoms with Crippen LogP contribution in [0.5, 0.6) is 0 Å². The fourth-order valence-electron chi connectivity index (χ4n) is 2.07. The Morgan fingerprint density at radius 2 is 2.06 bits per heavy atom. The molecule has 1 aromatic carbocycles. The highest BCUT2D eigenvalue weighted by Crippen LogP contribution is 2.48. The lowest BCUT2D eigenvalue weighted by Gasteiger charge is -2.19. The maximum absolute atomic E-state index is 10.8. The Morgan fingerprint density at radius 1 is 1.38 bits per heavy atom. The van der Waals surface area contributed by atoms with Crippen LogP contribution in [0.25, 0.3) is 0 Å². The van der Waals surface area contributed by atoms with E-state index in [2.05, 4.69) is 32.9 Å². The van der Waals surface area contributed by atoms with Crippen LogP contribution in [0.3, 0.4) is 0 Å². The molecule has 1 N–H and O–H groups in total. The fraction of sp³-hybridized carbons (Fsp3) is 0.500. The van der Waals surface area contributed by atoms with Crippen molar-refractivity contribution in [3.05, 3.63) is 35.4 Å². The van der Waals surface area contributed by atoms with Crippen LogP contribution in [0.2, 0.25) is 0 Å². The number of aliphatic carboxylic acids is 1. The van der Waals surface area contributed by atoms with Gasteiger partial charge in [-0.05, 0) is 28.9 Å². The number of hydrogen-bond acceptors (Lipinski definition) is 1. The molecule has 16 heavy (non-hydrogen) atoms. The summed E-state index contributed by atoms with van der Waals surface area (Å²) in [6, 6.07) is 8.35. The van der Waals surface area contributed by atoms with Crippen LogP contribution in [-0.4, -0.2) is 11.1 Å². The van der Waals surface area contributed by atoms with Crippen molar-refractivity contribution in [2.24, 2.45) is 5.92 Å². The monoisotopic (exact) mass is 218 g/mol. The molecule has 2 heteroatoms. The highest BCUT2D eigenvalue weighted by Gasteiger charge is 2.44. The number of carbonyl (C=O) groups is 1. The van der Waals surface area contributed by atoms with Gasteiger partial charge >= 0.3 is 5.97 Å². The van der Waals surface area contributed by atoms with Gasteiger partial charge in [-0.25, -0.2) is 0 Å². The van der Waals surface area contributed by atoms with Gasteiger partial charge in [0, 0.05) is 0 Å². The molecule has 1 fully saturated rings. The molecule has 0 amide bonds. The summed E-state index contributed by atoms with van der Waals surface area (Å²) in [5.41, 5.74) is 2.59. The molecule has 0 aromatic heterocycles. The van der Waals surface area contributed by atoms with Crippen molar-refractivity contribution >= 4 is 5.97 Å². The number of benzene rings is 1. The van der Waals surface area contributed by atoms with Gasteiger partial charge in [0.1, 0.15) is 0 Å². The van der Waals surface area contributed by atoms with Gasteiger partial charge < -0.3 is 5.11 Å². The summed E-state index contributed by atoms with van der Waals surface area (Å²) in [6.45, 7) is 6.52. The molecule has 1 aliphatic rings. The first-order valence-electron chi connectivity index (χ1n) is 5.73. The van der Waals surface area contributed by atoms with Gasteiger partial charge in [-0.3, -0.25) is 4.79 Å². The normalized spacial score (nSPS) is 24.2. The first-order chi connectivity index (χ1) is 7.39. The van der Waals surface area contributed by atoms with E-state index in [1.807, 2.05) is 12.1 Å². The summed E-state index contributed by atoms with van der Waals surface area (Å²) in [4.78, 5) is 10.8. The van der Waals surface area contributed by atoms with Crippen molar-refractivity contribution in [2.75, 3.05) is 0 Å². The third-order valence-electron chi connectivity index (χ3n) is 3.29. The van der Waals surface area contributed by atoms with Crippen molar-refractivity contribution in [1.29, 1.82) is 0 Å². The van der Waals surface area contributed by atoms with E-state index >= 15 is 0 Å². The smallest absolute Gasteiger partial charge is 0.307 e. The lowest BCUT2D eigenvalue weighted by atomic mass is 9.85. The Hall–Kier alpha value is -1.31. The summed E-state index contributed by atoms with van der Waals surface area (Å²) < 4.78 is 0. The second-order valence-electron chi connectivity index (χ2n) is 5.66. The van der Waals surface area contributed by atoms with Crippen molar-refractivity contribution in [1.82, 2.24) is 0 Å². The zero-order valence-electron chi connectivity index (χ0n) is 10.0. The minimum absolute atomic E-state index is 0.129. The largest absolute Gasteiger partial charge is 0.481 e. The van der Waals surface area contributed by atoms with Gasteiger partial charge in [0.05, 0.1) is 5.92 Å². The van der Waals surface area contributed by atoms with Gasteiger partial charge in [0.2, 0.25) is 0 Å². The van der Waals surface area contributed by atoms with Gasteiger partial charge in [-0.2, -0.15) is 0 Å². The van der Waals surface area contributed by atoms with E-state index in [1.54, 1.807) is 0 Å². The second-order valence-corrected chi connectivity index (χ2v) is 5.66. The van der Waals surface area contributed by atoms with Gasteiger partial charge in [-0.15, -0.1) is 0 Å². The molecule has 0 radical (unpaired) electrons. The lowest BCUT2D eigenvalue weighted by Crippen LogP contribution is -2.11. The molecule has 0 bridgehead atoms. The average molecular weight is 218 g/mol. The number of carboxylic acid groups (broad SMARTS) is 1. The molecule has 1 aliphatic carbocycles.